The van der Waals surface area contributed by atoms with Gasteiger partial charge in [-0.2, -0.15) is 0 Å². The Hall–Kier alpha value is -8.99. The molecule has 4 heterocycles. The maximum atomic E-state index is 5.49. The SMILES string of the molecule is c1ccc(-c2cc(-c3ccccc3)nc(-n3c4cccc5ccc6cc(-c7cc8ccc9cccc%10c9c8c(c7)n%10-c7ccc8c(c7)c7ccccc7n8-c7ccccc7)cc3c6c54)c2)cc1. The molecular formula is C63H38N4. The standard InChI is InChI=1S/C63H38N4/c1-4-14-39(15-5-1)47-34-52(40-16-6-2-7-17-40)64-59(37-47)67-56-25-13-19-42-27-29-44-33-46(36-58(67)63(44)61(42)56)45-32-43-28-26-41-18-12-24-55-60(41)62(43)57(35-45)66(55)49-30-31-54-51(38-49)50-22-10-11-23-53(50)65(54)48-20-8-3-9-21-48/h1-38H. The summed E-state index contributed by atoms with van der Waals surface area (Å²) in [6.45, 7) is 0. The Labute approximate surface area is 385 Å². The van der Waals surface area contributed by atoms with Crippen molar-refractivity contribution in [3.63, 3.8) is 0 Å². The van der Waals surface area contributed by atoms with Gasteiger partial charge in [-0.05, 0) is 129 Å². The summed E-state index contributed by atoms with van der Waals surface area (Å²) in [7, 11) is 0. The van der Waals surface area contributed by atoms with Crippen molar-refractivity contribution in [2.75, 3.05) is 0 Å². The van der Waals surface area contributed by atoms with Gasteiger partial charge < -0.3 is 9.13 Å². The first-order chi connectivity index (χ1) is 33.2. The van der Waals surface area contributed by atoms with E-state index >= 15 is 0 Å². The van der Waals surface area contributed by atoms with E-state index in [0.29, 0.717) is 0 Å². The third-order valence-corrected chi connectivity index (χ3v) is 14.3. The number of hydrogen-bond acceptors (Lipinski definition) is 1. The van der Waals surface area contributed by atoms with E-state index in [1.165, 1.54) is 81.5 Å². The molecule has 0 unspecified atom stereocenters. The molecule has 0 aliphatic rings. The minimum absolute atomic E-state index is 0.896. The van der Waals surface area contributed by atoms with E-state index in [9.17, 15) is 0 Å². The molecule has 15 rings (SSSR count). The quantitative estimate of drug-likeness (QED) is 0.153. The van der Waals surface area contributed by atoms with Gasteiger partial charge in [0.05, 0.1) is 38.8 Å². The Morgan fingerprint density at radius 2 is 0.761 bits per heavy atom. The molecule has 0 N–H and O–H groups in total. The highest BCUT2D eigenvalue weighted by Crippen LogP contribution is 2.45. The van der Waals surface area contributed by atoms with Crippen LogP contribution in [-0.4, -0.2) is 18.7 Å². The monoisotopic (exact) mass is 850 g/mol. The van der Waals surface area contributed by atoms with Crippen LogP contribution in [0.15, 0.2) is 231 Å². The van der Waals surface area contributed by atoms with E-state index in [4.69, 9.17) is 4.98 Å². The molecule has 0 saturated heterocycles. The number of hydrogen-bond donors (Lipinski definition) is 0. The van der Waals surface area contributed by atoms with Gasteiger partial charge in [-0.25, -0.2) is 4.98 Å². The third-order valence-electron chi connectivity index (χ3n) is 14.3. The molecule has 0 bridgehead atoms. The number of benzene rings is 11. The normalized spacial score (nSPS) is 12.2. The average molecular weight is 851 g/mol. The molecule has 0 fully saturated rings. The highest BCUT2D eigenvalue weighted by Gasteiger charge is 2.23. The summed E-state index contributed by atoms with van der Waals surface area (Å²) in [5.41, 5.74) is 16.1. The first-order valence-corrected chi connectivity index (χ1v) is 23.0. The molecule has 310 valence electrons. The minimum Gasteiger partial charge on any atom is -0.309 e. The predicted molar refractivity (Wildman–Crippen MR) is 281 cm³/mol. The Morgan fingerprint density at radius 3 is 1.45 bits per heavy atom. The fourth-order valence-electron chi connectivity index (χ4n) is 11.4. The van der Waals surface area contributed by atoms with Crippen molar-refractivity contribution in [3.8, 4) is 50.7 Å². The lowest BCUT2D eigenvalue weighted by molar-refractivity contribution is 1.08. The van der Waals surface area contributed by atoms with Crippen molar-refractivity contribution < 1.29 is 0 Å². The zero-order valence-corrected chi connectivity index (χ0v) is 36.2. The van der Waals surface area contributed by atoms with Crippen LogP contribution < -0.4 is 0 Å². The van der Waals surface area contributed by atoms with Crippen LogP contribution in [-0.2, 0) is 0 Å². The maximum Gasteiger partial charge on any atom is 0.138 e. The predicted octanol–water partition coefficient (Wildman–Crippen LogP) is 16.6. The van der Waals surface area contributed by atoms with Gasteiger partial charge in [0.25, 0.3) is 0 Å². The third kappa shape index (κ3) is 5.27. The highest BCUT2D eigenvalue weighted by molar-refractivity contribution is 6.27. The van der Waals surface area contributed by atoms with Gasteiger partial charge in [-0.3, -0.25) is 4.57 Å². The van der Waals surface area contributed by atoms with E-state index in [0.717, 1.165) is 56.2 Å². The fourth-order valence-corrected chi connectivity index (χ4v) is 11.4. The first kappa shape index (κ1) is 36.4. The van der Waals surface area contributed by atoms with E-state index in [2.05, 4.69) is 244 Å². The van der Waals surface area contributed by atoms with Gasteiger partial charge in [0.1, 0.15) is 5.82 Å². The lowest BCUT2D eigenvalue weighted by atomic mass is 9.94. The molecule has 11 aromatic carbocycles. The van der Waals surface area contributed by atoms with Crippen molar-refractivity contribution >= 4 is 87.0 Å². The number of para-hydroxylation sites is 2. The Bertz CT molecular complexity index is 4360. The molecule has 0 amide bonds. The van der Waals surface area contributed by atoms with Crippen LogP contribution >= 0.6 is 0 Å². The molecule has 0 aliphatic heterocycles. The molecule has 4 aromatic heterocycles. The first-order valence-electron chi connectivity index (χ1n) is 23.0. The second kappa shape index (κ2) is 13.8. The summed E-state index contributed by atoms with van der Waals surface area (Å²) in [5.74, 6) is 0.896. The Balaban J connectivity index is 0.989. The summed E-state index contributed by atoms with van der Waals surface area (Å²) in [4.78, 5) is 5.49. The van der Waals surface area contributed by atoms with Crippen molar-refractivity contribution in [3.05, 3.63) is 231 Å². The van der Waals surface area contributed by atoms with Crippen LogP contribution in [0.4, 0.5) is 0 Å². The molecule has 0 atom stereocenters. The van der Waals surface area contributed by atoms with Crippen LogP contribution in [0.5, 0.6) is 0 Å². The van der Waals surface area contributed by atoms with Crippen molar-refractivity contribution in [1.82, 2.24) is 18.7 Å². The number of pyridine rings is 1. The van der Waals surface area contributed by atoms with Crippen LogP contribution in [0.2, 0.25) is 0 Å². The number of nitrogens with zero attached hydrogens (tertiary/aromatic N) is 4. The number of rotatable bonds is 6. The van der Waals surface area contributed by atoms with E-state index < -0.39 is 0 Å². The average Bonchev–Trinajstić information content (AvgIpc) is 4.04. The molecule has 0 spiro atoms. The lowest BCUT2D eigenvalue weighted by Crippen LogP contribution is -2.00. The van der Waals surface area contributed by atoms with Gasteiger partial charge >= 0.3 is 0 Å². The summed E-state index contributed by atoms with van der Waals surface area (Å²) >= 11 is 0. The largest absolute Gasteiger partial charge is 0.309 e. The summed E-state index contributed by atoms with van der Waals surface area (Å²) in [6.07, 6.45) is 0. The molecule has 67 heavy (non-hydrogen) atoms. The van der Waals surface area contributed by atoms with Crippen molar-refractivity contribution in [2.45, 2.75) is 0 Å². The van der Waals surface area contributed by atoms with Gasteiger partial charge in [0.15, 0.2) is 0 Å². The van der Waals surface area contributed by atoms with Gasteiger partial charge in [0.2, 0.25) is 0 Å². The summed E-state index contributed by atoms with van der Waals surface area (Å²) < 4.78 is 7.29. The van der Waals surface area contributed by atoms with Gasteiger partial charge in [-0.1, -0.05) is 146 Å². The van der Waals surface area contributed by atoms with Crippen molar-refractivity contribution in [1.29, 1.82) is 0 Å². The lowest BCUT2D eigenvalue weighted by Gasteiger charge is -2.14. The van der Waals surface area contributed by atoms with Gasteiger partial charge in [-0.15, -0.1) is 0 Å². The van der Waals surface area contributed by atoms with Crippen LogP contribution in [0, 0.1) is 0 Å². The van der Waals surface area contributed by atoms with Crippen LogP contribution in [0.3, 0.4) is 0 Å². The minimum atomic E-state index is 0.896. The zero-order chi connectivity index (χ0) is 43.7. The number of fused-ring (bicyclic) bond motifs is 3. The van der Waals surface area contributed by atoms with E-state index in [-0.39, 0.29) is 0 Å². The topological polar surface area (TPSA) is 27.7 Å². The van der Waals surface area contributed by atoms with E-state index in [1.807, 2.05) is 0 Å². The highest BCUT2D eigenvalue weighted by atomic mass is 15.1. The summed E-state index contributed by atoms with van der Waals surface area (Å²) in [6, 6.07) is 84.4. The van der Waals surface area contributed by atoms with Crippen LogP contribution in [0.1, 0.15) is 0 Å². The van der Waals surface area contributed by atoms with E-state index in [1.54, 1.807) is 0 Å². The molecule has 4 heteroatoms. The molecule has 0 radical (unpaired) electrons. The molecular weight excluding hydrogens is 813 g/mol. The second-order valence-corrected chi connectivity index (χ2v) is 18.0. The Morgan fingerprint density at radius 1 is 0.254 bits per heavy atom. The zero-order valence-electron chi connectivity index (χ0n) is 36.2. The van der Waals surface area contributed by atoms with Gasteiger partial charge in [0, 0.05) is 49.3 Å². The molecule has 0 saturated carbocycles. The smallest absolute Gasteiger partial charge is 0.138 e. The Kier molecular flexibility index (Phi) is 7.47. The van der Waals surface area contributed by atoms with Crippen molar-refractivity contribution in [2.24, 2.45) is 0 Å². The molecule has 15 aromatic rings. The molecule has 0 aliphatic carbocycles. The number of aromatic nitrogens is 4. The van der Waals surface area contributed by atoms with Crippen LogP contribution in [0.25, 0.3) is 138 Å². The fraction of sp³-hybridized carbons (Fsp3) is 0. The summed E-state index contributed by atoms with van der Waals surface area (Å²) in [5, 5.41) is 12.5. The molecule has 4 nitrogen and oxygen atoms in total. The second-order valence-electron chi connectivity index (χ2n) is 18.0. The maximum absolute atomic E-state index is 5.49.